The van der Waals surface area contributed by atoms with Crippen LogP contribution in [0.2, 0.25) is 0 Å². The molecule has 1 fully saturated rings. The maximum absolute atomic E-state index is 13.8. The summed E-state index contributed by atoms with van der Waals surface area (Å²) < 4.78 is 13.8. The van der Waals surface area contributed by atoms with Crippen molar-refractivity contribution < 1.29 is 14.3 Å². The number of halogens is 1. The Labute approximate surface area is 118 Å². The van der Waals surface area contributed by atoms with Gasteiger partial charge in [0.2, 0.25) is 0 Å². The molecule has 0 aliphatic carbocycles. The smallest absolute Gasteiger partial charge is 0.335 e. The average molecular weight is 280 g/mol. The molecule has 0 amide bonds. The molecule has 0 aromatic heterocycles. The van der Waals surface area contributed by atoms with Crippen LogP contribution >= 0.6 is 0 Å². The van der Waals surface area contributed by atoms with E-state index in [1.165, 1.54) is 18.2 Å². The van der Waals surface area contributed by atoms with Gasteiger partial charge >= 0.3 is 5.97 Å². The third-order valence-electron chi connectivity index (χ3n) is 3.90. The Balaban J connectivity index is 2.09. The fraction of sp³-hybridized carbons (Fsp3) is 0.533. The van der Waals surface area contributed by atoms with Gasteiger partial charge in [-0.15, -0.1) is 0 Å². The van der Waals surface area contributed by atoms with E-state index < -0.39 is 5.97 Å². The molecule has 110 valence electrons. The van der Waals surface area contributed by atoms with E-state index in [2.05, 4.69) is 23.9 Å². The maximum atomic E-state index is 13.8. The summed E-state index contributed by atoms with van der Waals surface area (Å²) in [6.07, 6.45) is 2.24. The third-order valence-corrected chi connectivity index (χ3v) is 3.90. The van der Waals surface area contributed by atoms with Gasteiger partial charge in [0, 0.05) is 24.7 Å². The Bertz CT molecular complexity index is 491. The summed E-state index contributed by atoms with van der Waals surface area (Å²) in [5.74, 6) is -1.35. The molecule has 4 nitrogen and oxygen atoms in total. The van der Waals surface area contributed by atoms with E-state index in [1.807, 2.05) is 0 Å². The van der Waals surface area contributed by atoms with Gasteiger partial charge in [-0.05, 0) is 51.7 Å². The zero-order valence-corrected chi connectivity index (χ0v) is 12.0. The van der Waals surface area contributed by atoms with Crippen LogP contribution in [0.3, 0.4) is 0 Å². The first kappa shape index (κ1) is 14.9. The van der Waals surface area contributed by atoms with Gasteiger partial charge in [-0.2, -0.15) is 0 Å². The van der Waals surface area contributed by atoms with Gasteiger partial charge in [-0.1, -0.05) is 0 Å². The quantitative estimate of drug-likeness (QED) is 0.916. The van der Waals surface area contributed by atoms with Crippen LogP contribution in [0, 0.1) is 5.82 Å². The van der Waals surface area contributed by atoms with Crippen molar-refractivity contribution >= 4 is 5.97 Å². The Morgan fingerprint density at radius 3 is 2.90 bits per heavy atom. The molecule has 0 spiro atoms. The zero-order valence-electron chi connectivity index (χ0n) is 12.0. The van der Waals surface area contributed by atoms with Crippen LogP contribution in [0.25, 0.3) is 0 Å². The van der Waals surface area contributed by atoms with E-state index in [0.29, 0.717) is 18.2 Å². The Hall–Kier alpha value is -1.46. The number of rotatable bonds is 4. The van der Waals surface area contributed by atoms with Crippen LogP contribution in [0.1, 0.15) is 28.8 Å². The maximum Gasteiger partial charge on any atom is 0.335 e. The second kappa shape index (κ2) is 6.33. The second-order valence-corrected chi connectivity index (χ2v) is 5.61. The minimum Gasteiger partial charge on any atom is -0.478 e. The number of nitrogens with zero attached hydrogens (tertiary/aromatic N) is 2. The Morgan fingerprint density at radius 1 is 1.50 bits per heavy atom. The van der Waals surface area contributed by atoms with Crippen LogP contribution in [-0.4, -0.2) is 54.1 Å². The summed E-state index contributed by atoms with van der Waals surface area (Å²) in [6, 6.07) is 4.47. The van der Waals surface area contributed by atoms with E-state index in [-0.39, 0.29) is 11.4 Å². The highest BCUT2D eigenvalue weighted by Gasteiger charge is 2.22. The molecule has 1 unspecified atom stereocenters. The standard InChI is InChI=1S/C15H21FN2O2/c1-17(2)13-4-3-7-18(10-13)9-12-8-11(15(19)20)5-6-14(12)16/h5-6,8,13H,3-4,7,9-10H2,1-2H3,(H,19,20). The number of carboxylic acid groups (broad SMARTS) is 1. The number of likely N-dealkylation sites (tertiary alicyclic amines) is 1. The van der Waals surface area contributed by atoms with Gasteiger partial charge in [0.1, 0.15) is 5.82 Å². The van der Waals surface area contributed by atoms with Crippen LogP contribution in [0.5, 0.6) is 0 Å². The second-order valence-electron chi connectivity index (χ2n) is 5.61. The molecule has 0 radical (unpaired) electrons. The van der Waals surface area contributed by atoms with Crippen molar-refractivity contribution in [3.63, 3.8) is 0 Å². The lowest BCUT2D eigenvalue weighted by molar-refractivity contribution is 0.0696. The van der Waals surface area contributed by atoms with Crippen molar-refractivity contribution in [2.75, 3.05) is 27.2 Å². The molecule has 1 aromatic carbocycles. The molecule has 1 aliphatic heterocycles. The highest BCUT2D eigenvalue weighted by atomic mass is 19.1. The number of aromatic carboxylic acids is 1. The lowest BCUT2D eigenvalue weighted by Gasteiger charge is -2.36. The van der Waals surface area contributed by atoms with Gasteiger partial charge in [0.25, 0.3) is 0 Å². The number of likely N-dealkylation sites (N-methyl/N-ethyl adjacent to an activating group) is 1. The SMILES string of the molecule is CN(C)C1CCCN(Cc2cc(C(=O)O)ccc2F)C1. The molecular weight excluding hydrogens is 259 g/mol. The fourth-order valence-electron chi connectivity index (χ4n) is 2.67. The third kappa shape index (κ3) is 3.55. The molecule has 20 heavy (non-hydrogen) atoms. The summed E-state index contributed by atoms with van der Waals surface area (Å²) in [7, 11) is 4.11. The largest absolute Gasteiger partial charge is 0.478 e. The molecule has 1 aromatic rings. The monoisotopic (exact) mass is 280 g/mol. The molecule has 1 heterocycles. The van der Waals surface area contributed by atoms with Gasteiger partial charge in [0.05, 0.1) is 5.56 Å². The fourth-order valence-corrected chi connectivity index (χ4v) is 2.67. The van der Waals surface area contributed by atoms with Crippen LogP contribution in [0.15, 0.2) is 18.2 Å². The average Bonchev–Trinajstić information content (AvgIpc) is 2.41. The van der Waals surface area contributed by atoms with E-state index in [9.17, 15) is 9.18 Å². The van der Waals surface area contributed by atoms with Crippen molar-refractivity contribution in [3.05, 3.63) is 35.1 Å². The van der Waals surface area contributed by atoms with Crippen molar-refractivity contribution in [3.8, 4) is 0 Å². The number of carbonyl (C=O) groups is 1. The first-order chi connectivity index (χ1) is 9.47. The van der Waals surface area contributed by atoms with Crippen molar-refractivity contribution in [1.29, 1.82) is 0 Å². The normalized spacial score (nSPS) is 20.3. The predicted molar refractivity (Wildman–Crippen MR) is 75.3 cm³/mol. The van der Waals surface area contributed by atoms with Crippen molar-refractivity contribution in [2.24, 2.45) is 0 Å². The molecule has 1 saturated heterocycles. The van der Waals surface area contributed by atoms with Crippen LogP contribution in [0.4, 0.5) is 4.39 Å². The first-order valence-corrected chi connectivity index (χ1v) is 6.88. The van der Waals surface area contributed by atoms with E-state index in [1.54, 1.807) is 0 Å². The Kier molecular flexibility index (Phi) is 4.73. The predicted octanol–water partition coefficient (Wildman–Crippen LogP) is 2.05. The molecule has 5 heteroatoms. The molecular formula is C15H21FN2O2. The lowest BCUT2D eigenvalue weighted by atomic mass is 10.0. The van der Waals surface area contributed by atoms with Gasteiger partial charge in [-0.25, -0.2) is 9.18 Å². The summed E-state index contributed by atoms with van der Waals surface area (Å²) in [5.41, 5.74) is 0.604. The molecule has 1 atom stereocenters. The van der Waals surface area contributed by atoms with Crippen molar-refractivity contribution in [1.82, 2.24) is 9.80 Å². The lowest BCUT2D eigenvalue weighted by Crippen LogP contribution is -2.44. The number of benzene rings is 1. The van der Waals surface area contributed by atoms with Crippen LogP contribution in [-0.2, 0) is 6.54 Å². The molecule has 1 aliphatic rings. The zero-order chi connectivity index (χ0) is 14.7. The molecule has 0 bridgehead atoms. The Morgan fingerprint density at radius 2 is 2.25 bits per heavy atom. The number of piperidine rings is 1. The first-order valence-electron chi connectivity index (χ1n) is 6.88. The number of carboxylic acids is 1. The van der Waals surface area contributed by atoms with Gasteiger partial charge in [-0.3, -0.25) is 4.90 Å². The summed E-state index contributed by atoms with van der Waals surface area (Å²) in [5, 5.41) is 8.98. The summed E-state index contributed by atoms with van der Waals surface area (Å²) >= 11 is 0. The van der Waals surface area contributed by atoms with E-state index >= 15 is 0 Å². The summed E-state index contributed by atoms with van der Waals surface area (Å²) in [4.78, 5) is 15.3. The van der Waals surface area contributed by atoms with Gasteiger partial charge in [0.15, 0.2) is 0 Å². The topological polar surface area (TPSA) is 43.8 Å². The molecule has 0 saturated carbocycles. The highest BCUT2D eigenvalue weighted by molar-refractivity contribution is 5.87. The van der Waals surface area contributed by atoms with Crippen molar-refractivity contribution in [2.45, 2.75) is 25.4 Å². The highest BCUT2D eigenvalue weighted by Crippen LogP contribution is 2.19. The van der Waals surface area contributed by atoms with E-state index in [4.69, 9.17) is 5.11 Å². The number of hydrogen-bond acceptors (Lipinski definition) is 3. The van der Waals surface area contributed by atoms with E-state index in [0.717, 1.165) is 25.9 Å². The molecule has 2 rings (SSSR count). The van der Waals surface area contributed by atoms with Gasteiger partial charge < -0.3 is 10.0 Å². The minimum atomic E-state index is -1.02. The molecule has 1 N–H and O–H groups in total. The summed E-state index contributed by atoms with van der Waals surface area (Å²) in [6.45, 7) is 2.29. The number of hydrogen-bond donors (Lipinski definition) is 1. The van der Waals surface area contributed by atoms with Crippen LogP contribution < -0.4 is 0 Å². The minimum absolute atomic E-state index is 0.141.